The van der Waals surface area contributed by atoms with Crippen LogP contribution in [-0.2, 0) is 11.3 Å². The van der Waals surface area contributed by atoms with Crippen LogP contribution in [0.2, 0.25) is 0 Å². The Hall–Kier alpha value is -1.16. The molecule has 0 aromatic heterocycles. The molecule has 3 heteroatoms. The van der Waals surface area contributed by atoms with Crippen LogP contribution in [0.25, 0.3) is 0 Å². The number of benzene rings is 1. The second kappa shape index (κ2) is 5.25. The second-order valence-corrected chi connectivity index (χ2v) is 4.03. The minimum absolute atomic E-state index is 0.233. The van der Waals surface area contributed by atoms with Crippen molar-refractivity contribution in [1.82, 2.24) is 0 Å². The molecule has 1 aliphatic rings. The first-order valence-electron chi connectivity index (χ1n) is 5.43. The summed E-state index contributed by atoms with van der Waals surface area (Å²) in [4.78, 5) is 0. The molecule has 86 valence electrons. The number of ether oxygens (including phenoxy) is 1. The molecule has 0 bridgehead atoms. The zero-order chi connectivity index (χ0) is 11.4. The molecule has 1 aromatic carbocycles. The average molecular weight is 220 g/mol. The second-order valence-electron chi connectivity index (χ2n) is 4.03. The first-order chi connectivity index (χ1) is 7.77. The van der Waals surface area contributed by atoms with Gasteiger partial charge in [-0.2, -0.15) is 0 Å². The summed E-state index contributed by atoms with van der Waals surface area (Å²) in [5.41, 5.74) is 1.09. The summed E-state index contributed by atoms with van der Waals surface area (Å²) >= 11 is 0. The molecule has 0 heterocycles. The molecular weight excluding hydrogens is 204 g/mol. The molecule has 2 N–H and O–H groups in total. The smallest absolute Gasteiger partial charge is 0.0800 e. The van der Waals surface area contributed by atoms with Gasteiger partial charge >= 0.3 is 0 Å². The van der Waals surface area contributed by atoms with E-state index in [0.29, 0.717) is 13.2 Å². The summed E-state index contributed by atoms with van der Waals surface area (Å²) in [5.74, 6) is -0.233. The van der Waals surface area contributed by atoms with Crippen molar-refractivity contribution in [2.75, 3.05) is 6.61 Å². The highest BCUT2D eigenvalue weighted by Gasteiger charge is 2.28. The van der Waals surface area contributed by atoms with Crippen molar-refractivity contribution < 1.29 is 14.9 Å². The van der Waals surface area contributed by atoms with Crippen LogP contribution in [0.5, 0.6) is 0 Å². The topological polar surface area (TPSA) is 49.7 Å². The van der Waals surface area contributed by atoms with E-state index in [1.54, 1.807) is 12.2 Å². The van der Waals surface area contributed by atoms with Gasteiger partial charge in [0, 0.05) is 5.92 Å². The number of rotatable bonds is 4. The Labute approximate surface area is 95.0 Å². The van der Waals surface area contributed by atoms with Gasteiger partial charge in [-0.05, 0) is 5.56 Å². The lowest BCUT2D eigenvalue weighted by Crippen LogP contribution is -2.28. The van der Waals surface area contributed by atoms with E-state index >= 15 is 0 Å². The fraction of sp³-hybridized carbons (Fsp3) is 0.385. The van der Waals surface area contributed by atoms with Crippen LogP contribution in [0.15, 0.2) is 42.5 Å². The Morgan fingerprint density at radius 3 is 2.25 bits per heavy atom. The Morgan fingerprint density at radius 1 is 1.00 bits per heavy atom. The van der Waals surface area contributed by atoms with Gasteiger partial charge in [-0.25, -0.2) is 0 Å². The minimum atomic E-state index is -0.592. The largest absolute Gasteiger partial charge is 0.389 e. The molecule has 0 amide bonds. The maximum atomic E-state index is 9.53. The van der Waals surface area contributed by atoms with Gasteiger partial charge in [0.25, 0.3) is 0 Å². The quantitative estimate of drug-likeness (QED) is 0.747. The highest BCUT2D eigenvalue weighted by atomic mass is 16.5. The van der Waals surface area contributed by atoms with Gasteiger partial charge in [0.15, 0.2) is 0 Å². The van der Waals surface area contributed by atoms with Gasteiger partial charge in [-0.1, -0.05) is 42.5 Å². The fourth-order valence-corrected chi connectivity index (χ4v) is 1.80. The zero-order valence-corrected chi connectivity index (χ0v) is 8.99. The first kappa shape index (κ1) is 11.3. The van der Waals surface area contributed by atoms with Crippen molar-refractivity contribution in [2.45, 2.75) is 18.8 Å². The molecule has 16 heavy (non-hydrogen) atoms. The molecule has 0 radical (unpaired) electrons. The third kappa shape index (κ3) is 2.70. The predicted molar refractivity (Wildman–Crippen MR) is 60.7 cm³/mol. The van der Waals surface area contributed by atoms with E-state index in [-0.39, 0.29) is 5.92 Å². The highest BCUT2D eigenvalue weighted by Crippen LogP contribution is 2.20. The van der Waals surface area contributed by atoms with Gasteiger partial charge in [0.1, 0.15) is 0 Å². The van der Waals surface area contributed by atoms with E-state index in [1.807, 2.05) is 30.3 Å². The van der Waals surface area contributed by atoms with Crippen LogP contribution >= 0.6 is 0 Å². The van der Waals surface area contributed by atoms with Crippen LogP contribution < -0.4 is 0 Å². The van der Waals surface area contributed by atoms with E-state index in [9.17, 15) is 10.2 Å². The summed E-state index contributed by atoms with van der Waals surface area (Å²) in [6.07, 6.45) is 2.04. The van der Waals surface area contributed by atoms with Gasteiger partial charge in [-0.15, -0.1) is 0 Å². The standard InChI is InChI=1S/C13H16O3/c14-12-6-7-13(15)11(12)9-16-8-10-4-2-1-3-5-10/h1-7,11-15H,8-9H2/t11?,12-,13?/m0/s1. The molecule has 2 unspecified atom stereocenters. The predicted octanol–water partition coefficient (Wildman–Crippen LogP) is 1.11. The monoisotopic (exact) mass is 220 g/mol. The number of hydrogen-bond acceptors (Lipinski definition) is 3. The lowest BCUT2D eigenvalue weighted by Gasteiger charge is -2.18. The fourth-order valence-electron chi connectivity index (χ4n) is 1.80. The normalized spacial score (nSPS) is 28.5. The molecule has 1 aromatic rings. The van der Waals surface area contributed by atoms with Crippen molar-refractivity contribution in [3.05, 3.63) is 48.0 Å². The lowest BCUT2D eigenvalue weighted by molar-refractivity contribution is 0.00105. The summed E-state index contributed by atoms with van der Waals surface area (Å²) in [6, 6.07) is 9.84. The maximum Gasteiger partial charge on any atom is 0.0800 e. The van der Waals surface area contributed by atoms with Crippen molar-refractivity contribution in [3.8, 4) is 0 Å². The molecule has 0 saturated heterocycles. The Morgan fingerprint density at radius 2 is 1.62 bits per heavy atom. The average Bonchev–Trinajstić information content (AvgIpc) is 2.62. The van der Waals surface area contributed by atoms with Crippen molar-refractivity contribution >= 4 is 0 Å². The molecular formula is C13H16O3. The van der Waals surface area contributed by atoms with Crippen LogP contribution in [0, 0.1) is 5.92 Å². The Bertz CT molecular complexity index is 335. The Balaban J connectivity index is 1.76. The van der Waals surface area contributed by atoms with Gasteiger partial charge < -0.3 is 14.9 Å². The molecule has 0 saturated carbocycles. The Kier molecular flexibility index (Phi) is 3.72. The minimum Gasteiger partial charge on any atom is -0.389 e. The zero-order valence-electron chi connectivity index (χ0n) is 8.99. The molecule has 1 aliphatic carbocycles. The molecule has 0 spiro atoms. The van der Waals surface area contributed by atoms with E-state index in [4.69, 9.17) is 4.74 Å². The lowest BCUT2D eigenvalue weighted by atomic mass is 10.0. The number of hydrogen-bond donors (Lipinski definition) is 2. The van der Waals surface area contributed by atoms with Crippen molar-refractivity contribution in [3.63, 3.8) is 0 Å². The van der Waals surface area contributed by atoms with Crippen LogP contribution in [0.3, 0.4) is 0 Å². The number of aliphatic hydroxyl groups excluding tert-OH is 2. The van der Waals surface area contributed by atoms with Gasteiger partial charge in [-0.3, -0.25) is 0 Å². The summed E-state index contributed by atoms with van der Waals surface area (Å²) in [5, 5.41) is 19.1. The SMILES string of the molecule is OC1C=C[C@H](O)C1COCc1ccccc1. The molecule has 3 nitrogen and oxygen atoms in total. The first-order valence-corrected chi connectivity index (χ1v) is 5.43. The van der Waals surface area contributed by atoms with E-state index < -0.39 is 12.2 Å². The van der Waals surface area contributed by atoms with Crippen LogP contribution in [0.1, 0.15) is 5.56 Å². The molecule has 0 aliphatic heterocycles. The van der Waals surface area contributed by atoms with E-state index in [0.717, 1.165) is 5.56 Å². The highest BCUT2D eigenvalue weighted by molar-refractivity contribution is 5.13. The van der Waals surface area contributed by atoms with Crippen molar-refractivity contribution in [2.24, 2.45) is 5.92 Å². The summed E-state index contributed by atoms with van der Waals surface area (Å²) in [6.45, 7) is 0.876. The third-order valence-electron chi connectivity index (χ3n) is 2.80. The maximum absolute atomic E-state index is 9.53. The van der Waals surface area contributed by atoms with Crippen molar-refractivity contribution in [1.29, 1.82) is 0 Å². The molecule has 2 rings (SSSR count). The molecule has 0 fully saturated rings. The van der Waals surface area contributed by atoms with Gasteiger partial charge in [0.05, 0.1) is 25.4 Å². The van der Waals surface area contributed by atoms with Crippen LogP contribution in [-0.4, -0.2) is 29.0 Å². The summed E-state index contributed by atoms with van der Waals surface area (Å²) in [7, 11) is 0. The summed E-state index contributed by atoms with van der Waals surface area (Å²) < 4.78 is 5.48. The van der Waals surface area contributed by atoms with E-state index in [2.05, 4.69) is 0 Å². The molecule has 3 atom stereocenters. The third-order valence-corrected chi connectivity index (χ3v) is 2.80. The number of aliphatic hydroxyl groups is 2. The van der Waals surface area contributed by atoms with E-state index in [1.165, 1.54) is 0 Å². The van der Waals surface area contributed by atoms with Crippen LogP contribution in [0.4, 0.5) is 0 Å². The van der Waals surface area contributed by atoms with Gasteiger partial charge in [0.2, 0.25) is 0 Å².